The Labute approximate surface area is 143 Å². The molecule has 24 heavy (non-hydrogen) atoms. The van der Waals surface area contributed by atoms with Crippen LogP contribution in [0, 0.1) is 10.8 Å². The molecule has 0 heterocycles. The van der Waals surface area contributed by atoms with Gasteiger partial charge >= 0.3 is 0 Å². The second-order valence-electron chi connectivity index (χ2n) is 7.73. The van der Waals surface area contributed by atoms with Crippen molar-refractivity contribution < 1.29 is 9.59 Å². The first-order chi connectivity index (χ1) is 11.2. The average molecular weight is 318 g/mol. The van der Waals surface area contributed by atoms with Gasteiger partial charge in [-0.2, -0.15) is 0 Å². The van der Waals surface area contributed by atoms with E-state index in [1.807, 2.05) is 27.7 Å². The Hall–Kier alpha value is -2.22. The maximum atomic E-state index is 12.7. The Morgan fingerprint density at radius 2 is 0.750 bits per heavy atom. The van der Waals surface area contributed by atoms with Gasteiger partial charge in [0.2, 0.25) is 0 Å². The Balaban J connectivity index is 2.25. The number of rotatable bonds is 0. The average Bonchev–Trinajstić information content (AvgIpc) is 2.54. The van der Waals surface area contributed by atoms with Gasteiger partial charge in [-0.05, 0) is 50.0 Å². The first-order valence-electron chi connectivity index (χ1n) is 8.48. The third-order valence-electron chi connectivity index (χ3n) is 6.97. The fourth-order valence-corrected chi connectivity index (χ4v) is 5.42. The number of hydrogen-bond donors (Lipinski definition) is 0. The van der Waals surface area contributed by atoms with Crippen molar-refractivity contribution in [2.24, 2.45) is 10.8 Å². The molecule has 0 atom stereocenters. The van der Waals surface area contributed by atoms with Gasteiger partial charge in [-0.1, -0.05) is 38.2 Å². The van der Waals surface area contributed by atoms with Crippen molar-refractivity contribution in [2.45, 2.75) is 41.5 Å². The lowest BCUT2D eigenvalue weighted by Crippen LogP contribution is -2.51. The zero-order valence-corrected chi connectivity index (χ0v) is 15.1. The van der Waals surface area contributed by atoms with Crippen LogP contribution in [0.2, 0.25) is 0 Å². The van der Waals surface area contributed by atoms with Crippen molar-refractivity contribution >= 4 is 11.6 Å². The highest BCUT2D eigenvalue weighted by Crippen LogP contribution is 2.67. The molecule has 0 amide bonds. The maximum absolute atomic E-state index is 12.7. The van der Waals surface area contributed by atoms with Crippen molar-refractivity contribution in [1.82, 2.24) is 0 Å². The predicted octanol–water partition coefficient (Wildman–Crippen LogP) is 4.57. The lowest BCUT2D eigenvalue weighted by Gasteiger charge is -2.58. The van der Waals surface area contributed by atoms with Crippen molar-refractivity contribution in [3.8, 4) is 0 Å². The Morgan fingerprint density at radius 3 is 0.958 bits per heavy atom. The molecule has 0 fully saturated rings. The van der Waals surface area contributed by atoms with E-state index in [1.54, 1.807) is 0 Å². The van der Waals surface area contributed by atoms with E-state index in [2.05, 4.69) is 38.2 Å². The highest BCUT2D eigenvalue weighted by molar-refractivity contribution is 6.13. The lowest BCUT2D eigenvalue weighted by molar-refractivity contribution is -0.113. The van der Waals surface area contributed by atoms with Crippen LogP contribution in [-0.2, 0) is 9.59 Å². The molecule has 0 unspecified atom stereocenters. The summed E-state index contributed by atoms with van der Waals surface area (Å²) >= 11 is 0. The van der Waals surface area contributed by atoms with Gasteiger partial charge in [0.05, 0.1) is 0 Å². The van der Waals surface area contributed by atoms with Crippen molar-refractivity contribution in [3.05, 3.63) is 68.9 Å². The summed E-state index contributed by atoms with van der Waals surface area (Å²) in [4.78, 5) is 25.4. The van der Waals surface area contributed by atoms with Crippen LogP contribution in [0.25, 0.3) is 0 Å². The highest BCUT2D eigenvalue weighted by atomic mass is 16.1. The van der Waals surface area contributed by atoms with Gasteiger partial charge in [0.1, 0.15) is 0 Å². The van der Waals surface area contributed by atoms with Crippen LogP contribution in [0.15, 0.2) is 68.9 Å². The van der Waals surface area contributed by atoms with Crippen molar-refractivity contribution in [2.75, 3.05) is 0 Å². The van der Waals surface area contributed by atoms with Crippen molar-refractivity contribution in [3.63, 3.8) is 0 Å². The second-order valence-corrected chi connectivity index (χ2v) is 7.73. The van der Waals surface area contributed by atoms with Crippen LogP contribution in [-0.4, -0.2) is 11.6 Å². The SMILES string of the molecule is CC1=C2C=CC3=C(C)C(=O)C(C)=C4C=CC(=C(C)C1=O)C2(C)C34C. The predicted molar refractivity (Wildman–Crippen MR) is 95.3 cm³/mol. The van der Waals surface area contributed by atoms with Crippen LogP contribution in [0.3, 0.4) is 0 Å². The first-order valence-corrected chi connectivity index (χ1v) is 8.48. The largest absolute Gasteiger partial charge is 0.289 e. The van der Waals surface area contributed by atoms with Crippen molar-refractivity contribution in [1.29, 1.82) is 0 Å². The topological polar surface area (TPSA) is 34.1 Å². The van der Waals surface area contributed by atoms with Gasteiger partial charge in [0.25, 0.3) is 0 Å². The molecule has 0 radical (unpaired) electrons. The van der Waals surface area contributed by atoms with Gasteiger partial charge in [-0.3, -0.25) is 9.59 Å². The molecule has 122 valence electrons. The van der Waals surface area contributed by atoms with E-state index in [4.69, 9.17) is 0 Å². The Bertz CT molecular complexity index is 796. The smallest absolute Gasteiger partial charge is 0.185 e. The second kappa shape index (κ2) is 4.24. The van der Waals surface area contributed by atoms with Gasteiger partial charge in [-0.15, -0.1) is 0 Å². The number of allylic oxidation sites excluding steroid dienone is 12. The molecule has 0 aromatic carbocycles. The summed E-state index contributed by atoms with van der Waals surface area (Å²) in [6, 6.07) is 0. The lowest BCUT2D eigenvalue weighted by atomic mass is 9.44. The van der Waals surface area contributed by atoms with Gasteiger partial charge < -0.3 is 0 Å². The number of carbonyl (C=O) groups excluding carboxylic acids is 2. The molecule has 4 rings (SSSR count). The fraction of sp³-hybridized carbons (Fsp3) is 0.364. The zero-order valence-electron chi connectivity index (χ0n) is 15.1. The number of Topliss-reactive ketones (excluding diaryl/α,β-unsaturated/α-hetero) is 2. The molecule has 0 bridgehead atoms. The Morgan fingerprint density at radius 1 is 0.542 bits per heavy atom. The van der Waals surface area contributed by atoms with Crippen LogP contribution < -0.4 is 0 Å². The third-order valence-corrected chi connectivity index (χ3v) is 6.97. The summed E-state index contributed by atoms with van der Waals surface area (Å²) in [5.74, 6) is 0.270. The van der Waals surface area contributed by atoms with Crippen LogP contribution >= 0.6 is 0 Å². The quantitative estimate of drug-likeness (QED) is 0.655. The minimum absolute atomic E-state index is 0.135. The van der Waals surface area contributed by atoms with Crippen LogP contribution in [0.1, 0.15) is 41.5 Å². The van der Waals surface area contributed by atoms with E-state index in [0.717, 1.165) is 44.6 Å². The van der Waals surface area contributed by atoms with Gasteiger partial charge in [0, 0.05) is 33.1 Å². The third kappa shape index (κ3) is 1.32. The molecule has 0 saturated heterocycles. The molecule has 0 aromatic heterocycles. The molecule has 2 heteroatoms. The molecule has 0 aliphatic heterocycles. The zero-order chi connectivity index (χ0) is 17.6. The summed E-state index contributed by atoms with van der Waals surface area (Å²) in [6.07, 6.45) is 8.24. The van der Waals surface area contributed by atoms with E-state index in [-0.39, 0.29) is 22.4 Å². The molecule has 4 aliphatic rings. The number of ketones is 2. The summed E-state index contributed by atoms with van der Waals surface area (Å²) in [5.41, 5.74) is 7.07. The van der Waals surface area contributed by atoms with E-state index >= 15 is 0 Å². The molecule has 0 N–H and O–H groups in total. The highest BCUT2D eigenvalue weighted by Gasteiger charge is 2.59. The molecule has 4 aliphatic carbocycles. The fourth-order valence-electron chi connectivity index (χ4n) is 5.42. The normalized spacial score (nSPS) is 34.6. The number of carbonyl (C=O) groups is 2. The van der Waals surface area contributed by atoms with Gasteiger partial charge in [-0.25, -0.2) is 0 Å². The molecular weight excluding hydrogens is 296 g/mol. The summed E-state index contributed by atoms with van der Waals surface area (Å²) in [5, 5.41) is 0. The molecule has 0 aromatic rings. The number of hydrogen-bond acceptors (Lipinski definition) is 2. The Kier molecular flexibility index (Phi) is 2.71. The minimum Gasteiger partial charge on any atom is -0.289 e. The van der Waals surface area contributed by atoms with Gasteiger partial charge in [0.15, 0.2) is 11.6 Å². The molecule has 2 nitrogen and oxygen atoms in total. The maximum Gasteiger partial charge on any atom is 0.185 e. The first kappa shape index (κ1) is 15.3. The minimum atomic E-state index is -0.313. The van der Waals surface area contributed by atoms with Crippen LogP contribution in [0.5, 0.6) is 0 Å². The molecular formula is C22H22O2. The van der Waals surface area contributed by atoms with E-state index in [9.17, 15) is 9.59 Å². The summed E-state index contributed by atoms with van der Waals surface area (Å²) in [6.45, 7) is 12.2. The standard InChI is InChI=1S/C22H22O2/c1-11-15-7-8-17-13(3)20(24)14(4)18-10-9-16(12(2)19(11)23)21(15,5)22(17,18)6/h7-10H,1-6H3. The van der Waals surface area contributed by atoms with E-state index in [0.29, 0.717) is 0 Å². The van der Waals surface area contributed by atoms with E-state index < -0.39 is 0 Å². The molecule has 0 spiro atoms. The summed E-state index contributed by atoms with van der Waals surface area (Å²) < 4.78 is 0. The summed E-state index contributed by atoms with van der Waals surface area (Å²) in [7, 11) is 0. The van der Waals surface area contributed by atoms with Crippen LogP contribution in [0.4, 0.5) is 0 Å². The van der Waals surface area contributed by atoms with E-state index in [1.165, 1.54) is 0 Å². The monoisotopic (exact) mass is 318 g/mol. The molecule has 0 saturated carbocycles.